The number of ether oxygens (including phenoxy) is 3. The summed E-state index contributed by atoms with van der Waals surface area (Å²) in [6, 6.07) is 4.62. The first-order chi connectivity index (χ1) is 23.1. The van der Waals surface area contributed by atoms with E-state index in [1.165, 1.54) is 0 Å². The maximum absolute atomic E-state index is 13.6. The molecule has 0 amide bonds. The average molecular weight is 665 g/mol. The highest BCUT2D eigenvalue weighted by Gasteiger charge is 2.50. The summed E-state index contributed by atoms with van der Waals surface area (Å²) < 4.78 is 45.4. The Morgan fingerprint density at radius 2 is 2.00 bits per heavy atom. The molecule has 3 aromatic heterocycles. The normalized spacial score (nSPS) is 25.0. The van der Waals surface area contributed by atoms with Crippen molar-refractivity contribution in [1.82, 2.24) is 29.8 Å². The van der Waals surface area contributed by atoms with Crippen LogP contribution in [0.25, 0.3) is 11.5 Å². The fourth-order valence-corrected chi connectivity index (χ4v) is 6.68. The number of piperidine rings is 1. The lowest BCUT2D eigenvalue weighted by Crippen LogP contribution is -2.68. The van der Waals surface area contributed by atoms with E-state index in [4.69, 9.17) is 19.2 Å². The van der Waals surface area contributed by atoms with E-state index >= 15 is 0 Å². The third kappa shape index (κ3) is 6.52. The molecule has 2 N–H and O–H groups in total. The zero-order valence-electron chi connectivity index (χ0n) is 26.9. The maximum Gasteiger partial charge on any atom is 0.326 e. The summed E-state index contributed by atoms with van der Waals surface area (Å²) in [5, 5.41) is 10.2. The minimum absolute atomic E-state index is 0.0613. The topological polar surface area (TPSA) is 142 Å². The van der Waals surface area contributed by atoms with Crippen molar-refractivity contribution >= 4 is 17.6 Å². The van der Waals surface area contributed by atoms with Crippen LogP contribution >= 0.6 is 0 Å². The number of aryl methyl sites for hydroxylation is 1. The summed E-state index contributed by atoms with van der Waals surface area (Å²) in [5.74, 6) is 4.18. The molecule has 4 aliphatic rings. The fraction of sp³-hybridized carbons (Fsp3) is 0.545. The quantitative estimate of drug-likeness (QED) is 0.359. The number of aliphatic carboxylic acids is 1. The van der Waals surface area contributed by atoms with Crippen LogP contribution in [0.1, 0.15) is 37.6 Å². The number of hydrogen-bond donors (Lipinski definition) is 2. The summed E-state index contributed by atoms with van der Waals surface area (Å²) in [7, 11) is 0. The molecule has 0 aliphatic carbocycles. The van der Waals surface area contributed by atoms with Crippen LogP contribution in [0.3, 0.4) is 0 Å². The van der Waals surface area contributed by atoms with E-state index in [0.717, 1.165) is 5.69 Å². The molecule has 7 rings (SSSR count). The second kappa shape index (κ2) is 12.9. The molecule has 0 unspecified atom stereocenters. The van der Waals surface area contributed by atoms with Gasteiger partial charge in [0.2, 0.25) is 11.8 Å². The largest absolute Gasteiger partial charge is 0.480 e. The van der Waals surface area contributed by atoms with Gasteiger partial charge < -0.3 is 34.1 Å². The van der Waals surface area contributed by atoms with Crippen molar-refractivity contribution in [2.75, 3.05) is 62.3 Å². The molecule has 48 heavy (non-hydrogen) atoms. The van der Waals surface area contributed by atoms with Gasteiger partial charge in [-0.3, -0.25) is 4.90 Å². The van der Waals surface area contributed by atoms with Crippen LogP contribution in [0.2, 0.25) is 0 Å². The molecule has 4 aliphatic heterocycles. The van der Waals surface area contributed by atoms with Gasteiger partial charge in [0.25, 0.3) is 5.92 Å². The number of aromatic amines is 1. The smallest absolute Gasteiger partial charge is 0.326 e. The molecule has 3 aromatic rings. The molecular formula is C33H38F2N8O5. The third-order valence-corrected chi connectivity index (χ3v) is 9.57. The molecule has 7 heterocycles. The number of H-pyrrole nitrogens is 1. The van der Waals surface area contributed by atoms with Crippen LogP contribution in [0, 0.1) is 18.8 Å². The molecule has 0 bridgehead atoms. The second-order valence-electron chi connectivity index (χ2n) is 12.8. The van der Waals surface area contributed by atoms with Crippen molar-refractivity contribution in [3.63, 3.8) is 0 Å². The number of likely N-dealkylation sites (tertiary alicyclic amines) is 1. The van der Waals surface area contributed by atoms with Crippen molar-refractivity contribution in [2.45, 2.75) is 62.8 Å². The van der Waals surface area contributed by atoms with Gasteiger partial charge in [-0.1, -0.05) is 11.8 Å². The Bertz CT molecular complexity index is 1700. The summed E-state index contributed by atoms with van der Waals surface area (Å²) in [5.41, 5.74) is 1.63. The van der Waals surface area contributed by atoms with Crippen molar-refractivity contribution in [2.24, 2.45) is 0 Å². The highest BCUT2D eigenvalue weighted by Crippen LogP contribution is 2.39. The van der Waals surface area contributed by atoms with Gasteiger partial charge in [-0.15, -0.1) is 0 Å². The molecular weight excluding hydrogens is 626 g/mol. The van der Waals surface area contributed by atoms with Crippen LogP contribution in [-0.2, 0) is 14.3 Å². The number of nitrogens with one attached hydrogen (secondary N) is 1. The molecule has 4 fully saturated rings. The molecule has 13 nitrogen and oxygen atoms in total. The van der Waals surface area contributed by atoms with E-state index in [0.29, 0.717) is 74.8 Å². The Morgan fingerprint density at radius 3 is 2.71 bits per heavy atom. The first kappa shape index (κ1) is 32.2. The molecule has 3 atom stereocenters. The number of carbonyl (C=O) groups is 1. The molecule has 15 heteroatoms. The number of hydrogen-bond acceptors (Lipinski definition) is 11. The van der Waals surface area contributed by atoms with Crippen molar-refractivity contribution in [1.29, 1.82) is 0 Å². The van der Waals surface area contributed by atoms with Crippen molar-refractivity contribution < 1.29 is 32.9 Å². The molecule has 0 aromatic carbocycles. The summed E-state index contributed by atoms with van der Waals surface area (Å²) in [4.78, 5) is 39.5. The Kier molecular flexibility index (Phi) is 8.65. The van der Waals surface area contributed by atoms with Gasteiger partial charge >= 0.3 is 5.97 Å². The Labute approximate surface area is 276 Å². The molecule has 0 radical (unpaired) electrons. The first-order valence-corrected chi connectivity index (χ1v) is 16.2. The zero-order chi connectivity index (χ0) is 33.5. The molecule has 4 saturated heterocycles. The number of pyridine rings is 1. The van der Waals surface area contributed by atoms with E-state index in [1.807, 2.05) is 23.1 Å². The van der Waals surface area contributed by atoms with Crippen LogP contribution < -0.4 is 14.5 Å². The van der Waals surface area contributed by atoms with Crippen molar-refractivity contribution in [3.8, 4) is 29.2 Å². The Morgan fingerprint density at radius 1 is 1.19 bits per heavy atom. The van der Waals surface area contributed by atoms with Gasteiger partial charge in [0.05, 0.1) is 44.6 Å². The van der Waals surface area contributed by atoms with Crippen LogP contribution in [0.15, 0.2) is 30.6 Å². The minimum Gasteiger partial charge on any atom is -0.480 e. The lowest BCUT2D eigenvalue weighted by molar-refractivity contribution is -0.228. The Hall–Kier alpha value is -4.39. The monoisotopic (exact) mass is 664 g/mol. The summed E-state index contributed by atoms with van der Waals surface area (Å²) in [6.07, 6.45) is 2.73. The van der Waals surface area contributed by atoms with Crippen LogP contribution in [0.5, 0.6) is 5.88 Å². The lowest BCUT2D eigenvalue weighted by Gasteiger charge is -2.53. The minimum atomic E-state index is -2.60. The maximum atomic E-state index is 13.6. The van der Waals surface area contributed by atoms with E-state index in [9.17, 15) is 18.7 Å². The van der Waals surface area contributed by atoms with Gasteiger partial charge in [0.1, 0.15) is 29.3 Å². The van der Waals surface area contributed by atoms with Crippen LogP contribution in [0.4, 0.5) is 20.4 Å². The van der Waals surface area contributed by atoms with Crippen molar-refractivity contribution in [3.05, 3.63) is 42.0 Å². The zero-order valence-corrected chi connectivity index (χ0v) is 26.9. The number of rotatable bonds is 7. The lowest BCUT2D eigenvalue weighted by atomic mass is 9.90. The SMILES string of the molecule is Cc1nc(-c2ccc[nH]2)nc(N2C[C@@H](Oc3ncc(C#CCN4CCC(F)(F)CC4)cc3N3CCOC4(COC4)[C@@H]3C)C[C@H]2C(=O)O)n1. The summed E-state index contributed by atoms with van der Waals surface area (Å²) in [6.45, 7) is 7.08. The number of anilines is 2. The summed E-state index contributed by atoms with van der Waals surface area (Å²) >= 11 is 0. The molecule has 254 valence electrons. The molecule has 0 saturated carbocycles. The van der Waals surface area contributed by atoms with Gasteiger partial charge in [0.15, 0.2) is 5.82 Å². The van der Waals surface area contributed by atoms with Gasteiger partial charge in [-0.05, 0) is 32.0 Å². The van der Waals surface area contributed by atoms with E-state index in [2.05, 4.69) is 43.6 Å². The number of aromatic nitrogens is 5. The number of morpholine rings is 1. The standard InChI is InChI=1S/C33H38F2N8O5/c1-21-32(19-46-20-32)47-14-13-42(21)26-15-23(5-4-10-41-11-7-33(34,35)8-12-41)17-37-29(26)48-24-16-27(30(44)45)43(18-24)31-39-22(2)38-28(40-31)25-6-3-9-36-25/h3,6,9,15,17,21,24,27,36H,7-8,10-14,16,18-20H2,1-2H3,(H,44,45)/t21-,24-,27-/m0/s1. The number of carboxylic acid groups (broad SMARTS) is 1. The number of alkyl halides is 2. The predicted molar refractivity (Wildman–Crippen MR) is 170 cm³/mol. The van der Waals surface area contributed by atoms with Gasteiger partial charge in [0, 0.05) is 56.9 Å². The van der Waals surface area contributed by atoms with E-state index in [1.54, 1.807) is 24.2 Å². The van der Waals surface area contributed by atoms with E-state index < -0.39 is 29.6 Å². The Balaban J connectivity index is 1.14. The third-order valence-electron chi connectivity index (χ3n) is 9.57. The number of nitrogens with zero attached hydrogens (tertiary/aromatic N) is 7. The first-order valence-electron chi connectivity index (χ1n) is 16.2. The van der Waals surface area contributed by atoms with E-state index in [-0.39, 0.29) is 37.8 Å². The average Bonchev–Trinajstić information content (AvgIpc) is 3.73. The molecule has 1 spiro atoms. The highest BCUT2D eigenvalue weighted by molar-refractivity contribution is 5.78. The predicted octanol–water partition coefficient (Wildman–Crippen LogP) is 2.76. The fourth-order valence-electron chi connectivity index (χ4n) is 6.68. The highest BCUT2D eigenvalue weighted by atomic mass is 19.3. The van der Waals surface area contributed by atoms with Crippen LogP contribution in [-0.4, -0.2) is 123 Å². The number of carboxylic acids is 1. The number of halogens is 2. The van der Waals surface area contributed by atoms with Gasteiger partial charge in [-0.2, -0.15) is 9.97 Å². The van der Waals surface area contributed by atoms with Gasteiger partial charge in [-0.25, -0.2) is 23.5 Å². The second-order valence-corrected chi connectivity index (χ2v) is 12.8.